The number of carboxylic acid groups (broad SMARTS) is 1. The molecule has 1 aliphatic carbocycles. The van der Waals surface area contributed by atoms with Crippen molar-refractivity contribution in [2.45, 2.75) is 51.4 Å². The van der Waals surface area contributed by atoms with E-state index in [1.807, 2.05) is 4.90 Å². The Labute approximate surface area is 126 Å². The van der Waals surface area contributed by atoms with E-state index in [1.165, 1.54) is 6.42 Å². The number of amides is 1. The number of carboxylic acids is 1. The molecule has 3 unspecified atom stereocenters. The number of aliphatic carboxylic acids is 1. The quantitative estimate of drug-likeness (QED) is 0.811. The number of hydrogen-bond acceptors (Lipinski definition) is 3. The minimum Gasteiger partial charge on any atom is -0.481 e. The summed E-state index contributed by atoms with van der Waals surface area (Å²) in [4.78, 5) is 25.4. The smallest absolute Gasteiger partial charge is 0.303 e. The maximum atomic E-state index is 12.8. The van der Waals surface area contributed by atoms with Crippen LogP contribution in [0.4, 0.5) is 0 Å². The van der Waals surface area contributed by atoms with Gasteiger partial charge in [-0.15, -0.1) is 0 Å². The van der Waals surface area contributed by atoms with Crippen LogP contribution in [0.2, 0.25) is 0 Å². The van der Waals surface area contributed by atoms with Crippen molar-refractivity contribution in [1.29, 1.82) is 0 Å². The highest BCUT2D eigenvalue weighted by atomic mass is 16.4. The Morgan fingerprint density at radius 1 is 1.14 bits per heavy atom. The normalized spacial score (nSPS) is 30.1. The molecule has 2 fully saturated rings. The first-order valence-electron chi connectivity index (χ1n) is 8.32. The van der Waals surface area contributed by atoms with E-state index in [2.05, 4.69) is 0 Å². The zero-order chi connectivity index (χ0) is 15.2. The van der Waals surface area contributed by atoms with Crippen molar-refractivity contribution in [3.63, 3.8) is 0 Å². The zero-order valence-corrected chi connectivity index (χ0v) is 12.8. The van der Waals surface area contributed by atoms with Crippen molar-refractivity contribution in [3.05, 3.63) is 0 Å². The number of hydrogen-bond donors (Lipinski definition) is 2. The molecule has 1 heterocycles. The Kier molecular flexibility index (Phi) is 6.03. The number of carbonyl (C=O) groups excluding carboxylic acids is 1. The van der Waals surface area contributed by atoms with Crippen LogP contribution in [0.1, 0.15) is 51.4 Å². The van der Waals surface area contributed by atoms with E-state index < -0.39 is 5.97 Å². The van der Waals surface area contributed by atoms with Crippen molar-refractivity contribution in [2.75, 3.05) is 19.6 Å². The summed E-state index contributed by atoms with van der Waals surface area (Å²) in [6.45, 7) is 2.17. The minimum atomic E-state index is -0.742. The molecule has 0 aromatic carbocycles. The highest BCUT2D eigenvalue weighted by Gasteiger charge is 2.34. The minimum absolute atomic E-state index is 0.0990. The maximum Gasteiger partial charge on any atom is 0.303 e. The lowest BCUT2D eigenvalue weighted by molar-refractivity contribution is -0.140. The lowest BCUT2D eigenvalue weighted by Crippen LogP contribution is -2.46. The number of rotatable bonds is 5. The van der Waals surface area contributed by atoms with Crippen molar-refractivity contribution < 1.29 is 14.7 Å². The molecule has 5 nitrogen and oxygen atoms in total. The van der Waals surface area contributed by atoms with Crippen LogP contribution >= 0.6 is 0 Å². The molecule has 0 radical (unpaired) electrons. The Hall–Kier alpha value is -1.10. The summed E-state index contributed by atoms with van der Waals surface area (Å²) in [6.07, 6.45) is 7.29. The summed E-state index contributed by atoms with van der Waals surface area (Å²) in [5, 5.41) is 8.80. The summed E-state index contributed by atoms with van der Waals surface area (Å²) in [5.41, 5.74) is 5.83. The van der Waals surface area contributed by atoms with Gasteiger partial charge >= 0.3 is 5.97 Å². The highest BCUT2D eigenvalue weighted by molar-refractivity contribution is 5.79. The fraction of sp³-hybridized carbons (Fsp3) is 0.875. The molecule has 5 heteroatoms. The van der Waals surface area contributed by atoms with E-state index in [4.69, 9.17) is 10.8 Å². The molecule has 1 saturated carbocycles. The average molecular weight is 296 g/mol. The molecular weight excluding hydrogens is 268 g/mol. The largest absolute Gasteiger partial charge is 0.481 e. The van der Waals surface area contributed by atoms with Crippen LogP contribution in [0.5, 0.6) is 0 Å². The van der Waals surface area contributed by atoms with Crippen molar-refractivity contribution in [2.24, 2.45) is 23.5 Å². The number of piperidine rings is 1. The monoisotopic (exact) mass is 296 g/mol. The molecule has 2 aliphatic rings. The second-order valence-electron chi connectivity index (χ2n) is 6.61. The molecule has 1 amide bonds. The van der Waals surface area contributed by atoms with Gasteiger partial charge in [-0.25, -0.2) is 0 Å². The maximum absolute atomic E-state index is 12.8. The lowest BCUT2D eigenvalue weighted by atomic mass is 9.78. The van der Waals surface area contributed by atoms with Crippen LogP contribution in [0, 0.1) is 17.8 Å². The molecule has 2 rings (SSSR count). The third-order valence-electron chi connectivity index (χ3n) is 5.13. The van der Waals surface area contributed by atoms with Crippen LogP contribution in [0.15, 0.2) is 0 Å². The van der Waals surface area contributed by atoms with Gasteiger partial charge in [-0.2, -0.15) is 0 Å². The van der Waals surface area contributed by atoms with Gasteiger partial charge in [0.05, 0.1) is 0 Å². The topological polar surface area (TPSA) is 83.6 Å². The van der Waals surface area contributed by atoms with Gasteiger partial charge in [-0.1, -0.05) is 12.8 Å². The Morgan fingerprint density at radius 3 is 2.62 bits per heavy atom. The Morgan fingerprint density at radius 2 is 1.90 bits per heavy atom. The van der Waals surface area contributed by atoms with Crippen LogP contribution < -0.4 is 5.73 Å². The average Bonchev–Trinajstić information content (AvgIpc) is 2.52. The first-order valence-corrected chi connectivity index (χ1v) is 8.32. The third kappa shape index (κ3) is 4.43. The molecule has 0 spiro atoms. The van der Waals surface area contributed by atoms with E-state index in [1.54, 1.807) is 0 Å². The fourth-order valence-corrected chi connectivity index (χ4v) is 3.88. The fourth-order valence-electron chi connectivity index (χ4n) is 3.88. The second-order valence-corrected chi connectivity index (χ2v) is 6.61. The van der Waals surface area contributed by atoms with Crippen LogP contribution in [-0.4, -0.2) is 41.5 Å². The number of nitrogens with two attached hydrogens (primary N) is 1. The molecule has 3 atom stereocenters. The van der Waals surface area contributed by atoms with Gasteiger partial charge in [0.25, 0.3) is 0 Å². The van der Waals surface area contributed by atoms with Crippen LogP contribution in [-0.2, 0) is 9.59 Å². The first-order chi connectivity index (χ1) is 10.1. The lowest BCUT2D eigenvalue weighted by Gasteiger charge is -2.38. The summed E-state index contributed by atoms with van der Waals surface area (Å²) >= 11 is 0. The van der Waals surface area contributed by atoms with E-state index >= 15 is 0 Å². The van der Waals surface area contributed by atoms with Gasteiger partial charge in [0, 0.05) is 25.4 Å². The SMILES string of the molecule is NCC1CCCCC1C(=O)N1CCCC(CCC(=O)O)C1. The summed E-state index contributed by atoms with van der Waals surface area (Å²) in [6, 6.07) is 0. The van der Waals surface area contributed by atoms with Gasteiger partial charge in [0.1, 0.15) is 0 Å². The standard InChI is InChI=1S/C16H28N2O3/c17-10-13-5-1-2-6-14(13)16(21)18-9-3-4-12(11-18)7-8-15(19)20/h12-14H,1-11,17H2,(H,19,20). The Bertz CT molecular complexity index is 373. The number of carbonyl (C=O) groups is 2. The molecule has 0 aromatic heterocycles. The molecule has 21 heavy (non-hydrogen) atoms. The molecule has 1 aliphatic heterocycles. The van der Waals surface area contributed by atoms with Crippen LogP contribution in [0.25, 0.3) is 0 Å². The van der Waals surface area contributed by atoms with Crippen molar-refractivity contribution in [3.8, 4) is 0 Å². The van der Waals surface area contributed by atoms with Crippen LogP contribution in [0.3, 0.4) is 0 Å². The molecule has 120 valence electrons. The van der Waals surface area contributed by atoms with Gasteiger partial charge in [-0.05, 0) is 50.5 Å². The summed E-state index contributed by atoms with van der Waals surface area (Å²) in [5.74, 6) is 0.311. The van der Waals surface area contributed by atoms with E-state index in [0.29, 0.717) is 24.8 Å². The predicted molar refractivity (Wildman–Crippen MR) is 80.7 cm³/mol. The molecular formula is C16H28N2O3. The first kappa shape index (κ1) is 16.3. The highest BCUT2D eigenvalue weighted by Crippen LogP contribution is 2.32. The second kappa shape index (κ2) is 7.78. The number of nitrogens with zero attached hydrogens (tertiary/aromatic N) is 1. The summed E-state index contributed by atoms with van der Waals surface area (Å²) in [7, 11) is 0. The van der Waals surface area contributed by atoms with E-state index in [-0.39, 0.29) is 18.2 Å². The zero-order valence-electron chi connectivity index (χ0n) is 12.8. The van der Waals surface area contributed by atoms with Gasteiger partial charge in [-0.3, -0.25) is 9.59 Å². The molecule has 3 N–H and O–H groups in total. The Balaban J connectivity index is 1.90. The molecule has 0 bridgehead atoms. The van der Waals surface area contributed by atoms with Gasteiger partial charge in [0.2, 0.25) is 5.91 Å². The van der Waals surface area contributed by atoms with Crippen molar-refractivity contribution in [1.82, 2.24) is 4.90 Å². The predicted octanol–water partition coefficient (Wildman–Crippen LogP) is 1.85. The van der Waals surface area contributed by atoms with E-state index in [9.17, 15) is 9.59 Å². The van der Waals surface area contributed by atoms with E-state index in [0.717, 1.165) is 45.2 Å². The van der Waals surface area contributed by atoms with Gasteiger partial charge < -0.3 is 15.7 Å². The van der Waals surface area contributed by atoms with Gasteiger partial charge in [0.15, 0.2) is 0 Å². The number of likely N-dealkylation sites (tertiary alicyclic amines) is 1. The molecule has 1 saturated heterocycles. The van der Waals surface area contributed by atoms with Crippen molar-refractivity contribution >= 4 is 11.9 Å². The molecule has 0 aromatic rings. The third-order valence-corrected chi connectivity index (χ3v) is 5.13. The summed E-state index contributed by atoms with van der Waals surface area (Å²) < 4.78 is 0.